The van der Waals surface area contributed by atoms with E-state index in [1.807, 2.05) is 13.8 Å². The Morgan fingerprint density at radius 3 is 2.25 bits per heavy atom. The molecule has 1 N–H and O–H groups in total. The Morgan fingerprint density at radius 2 is 2.00 bits per heavy atom. The minimum atomic E-state index is -0.782. The zero-order valence-electron chi connectivity index (χ0n) is 6.84. The maximum atomic E-state index is 10.7. The summed E-state index contributed by atoms with van der Waals surface area (Å²) in [6, 6.07) is 0. The first-order valence-electron chi connectivity index (χ1n) is 3.63. The molecule has 0 unspecified atom stereocenters. The molecule has 0 spiro atoms. The molecule has 1 fully saturated rings. The van der Waals surface area contributed by atoms with Crippen molar-refractivity contribution in [3.63, 3.8) is 0 Å². The average molecular weight is 209 g/mol. The predicted molar refractivity (Wildman–Crippen MR) is 48.2 cm³/mol. The molecule has 0 aromatic heterocycles. The largest absolute Gasteiger partial charge is 0.481 e. The maximum absolute atomic E-state index is 10.7. The van der Waals surface area contributed by atoms with Crippen LogP contribution < -0.4 is 0 Å². The van der Waals surface area contributed by atoms with E-state index in [1.54, 1.807) is 6.08 Å². The van der Waals surface area contributed by atoms with Gasteiger partial charge in [0.05, 0.1) is 5.92 Å². The number of carboxylic acids is 1. The lowest BCUT2D eigenvalue weighted by Crippen LogP contribution is -2.02. The summed E-state index contributed by atoms with van der Waals surface area (Å²) in [6.07, 6.45) is 1.60. The van der Waals surface area contributed by atoms with Crippen molar-refractivity contribution in [2.75, 3.05) is 0 Å². The molecule has 68 valence electrons. The van der Waals surface area contributed by atoms with Crippen LogP contribution in [0.2, 0.25) is 0 Å². The average Bonchev–Trinajstić information content (AvgIpc) is 2.32. The molecule has 4 heteroatoms. The lowest BCUT2D eigenvalue weighted by atomic mass is 10.1. The molecule has 2 nitrogen and oxygen atoms in total. The highest BCUT2D eigenvalue weighted by Gasteiger charge is 2.60. The monoisotopic (exact) mass is 208 g/mol. The number of allylic oxidation sites excluding steroid dienone is 1. The number of rotatable bonds is 2. The molecular formula is C8H10Cl2O2. The molecule has 0 heterocycles. The van der Waals surface area contributed by atoms with E-state index in [4.69, 9.17) is 28.3 Å². The van der Waals surface area contributed by atoms with Crippen molar-refractivity contribution in [3.8, 4) is 0 Å². The van der Waals surface area contributed by atoms with Gasteiger partial charge in [0.25, 0.3) is 0 Å². The summed E-state index contributed by atoms with van der Waals surface area (Å²) in [4.78, 5) is 10.7. The fraction of sp³-hybridized carbons (Fsp3) is 0.625. The van der Waals surface area contributed by atoms with E-state index >= 15 is 0 Å². The standard InChI is InChI=1S/C8H10Cl2O2/c1-8(2)4(3-5(9)10)6(8)7(11)12/h3-4,6H,1-2H3,(H,11,12)/t4-,6+/m1/s1. The normalized spacial score (nSPS) is 31.0. The van der Waals surface area contributed by atoms with Crippen molar-refractivity contribution in [2.45, 2.75) is 13.8 Å². The van der Waals surface area contributed by atoms with E-state index < -0.39 is 5.97 Å². The fourth-order valence-electron chi connectivity index (χ4n) is 1.60. The number of aliphatic carboxylic acids is 1. The van der Waals surface area contributed by atoms with Crippen LogP contribution in [0.4, 0.5) is 0 Å². The topological polar surface area (TPSA) is 37.3 Å². The minimum absolute atomic E-state index is 0.0278. The van der Waals surface area contributed by atoms with Gasteiger partial charge >= 0.3 is 5.97 Å². The highest BCUT2D eigenvalue weighted by molar-refractivity contribution is 6.55. The lowest BCUT2D eigenvalue weighted by molar-refractivity contribution is -0.139. The Morgan fingerprint density at radius 1 is 1.50 bits per heavy atom. The van der Waals surface area contributed by atoms with Crippen LogP contribution in [0.25, 0.3) is 0 Å². The van der Waals surface area contributed by atoms with E-state index in [-0.39, 0.29) is 21.7 Å². The van der Waals surface area contributed by atoms with Gasteiger partial charge in [0.1, 0.15) is 4.49 Å². The number of halogens is 2. The Labute approximate surface area is 81.2 Å². The predicted octanol–water partition coefficient (Wildman–Crippen LogP) is 2.66. The van der Waals surface area contributed by atoms with E-state index in [1.165, 1.54) is 0 Å². The zero-order valence-corrected chi connectivity index (χ0v) is 8.36. The molecule has 0 amide bonds. The quantitative estimate of drug-likeness (QED) is 0.758. The summed E-state index contributed by atoms with van der Waals surface area (Å²) in [5.74, 6) is -1.15. The molecule has 0 bridgehead atoms. The van der Waals surface area contributed by atoms with Crippen LogP contribution in [-0.2, 0) is 4.79 Å². The Bertz CT molecular complexity index is 241. The number of carbonyl (C=O) groups is 1. The van der Waals surface area contributed by atoms with Crippen molar-refractivity contribution in [1.82, 2.24) is 0 Å². The second kappa shape index (κ2) is 2.93. The summed E-state index contributed by atoms with van der Waals surface area (Å²) < 4.78 is 0.150. The molecule has 1 saturated carbocycles. The van der Waals surface area contributed by atoms with Gasteiger partial charge in [0.15, 0.2) is 0 Å². The first-order valence-corrected chi connectivity index (χ1v) is 4.38. The summed E-state index contributed by atoms with van der Waals surface area (Å²) in [7, 11) is 0. The molecule has 0 saturated heterocycles. The molecule has 12 heavy (non-hydrogen) atoms. The second-order valence-electron chi connectivity index (χ2n) is 3.62. The minimum Gasteiger partial charge on any atom is -0.481 e. The molecule has 1 aliphatic carbocycles. The molecule has 2 atom stereocenters. The van der Waals surface area contributed by atoms with Gasteiger partial charge in [-0.05, 0) is 17.4 Å². The Kier molecular flexibility index (Phi) is 2.41. The van der Waals surface area contributed by atoms with Crippen LogP contribution in [-0.4, -0.2) is 11.1 Å². The SMILES string of the molecule is CC1(C)[C@H](C=C(Cl)Cl)[C@H]1C(=O)O. The maximum Gasteiger partial charge on any atom is 0.307 e. The van der Waals surface area contributed by atoms with Crippen LogP contribution >= 0.6 is 23.2 Å². The molecule has 0 aromatic rings. The second-order valence-corrected chi connectivity index (χ2v) is 4.63. The van der Waals surface area contributed by atoms with Crippen molar-refractivity contribution in [2.24, 2.45) is 17.3 Å². The van der Waals surface area contributed by atoms with Gasteiger partial charge < -0.3 is 5.11 Å². The van der Waals surface area contributed by atoms with E-state index in [0.29, 0.717) is 0 Å². The number of hydrogen-bond donors (Lipinski definition) is 1. The molecule has 1 aliphatic rings. The third-order valence-electron chi connectivity index (χ3n) is 2.48. The summed E-state index contributed by atoms with van der Waals surface area (Å²) in [5, 5.41) is 8.76. The van der Waals surface area contributed by atoms with Crippen molar-refractivity contribution in [3.05, 3.63) is 10.6 Å². The van der Waals surface area contributed by atoms with Gasteiger partial charge in [-0.1, -0.05) is 37.0 Å². The van der Waals surface area contributed by atoms with Gasteiger partial charge in [0.2, 0.25) is 0 Å². The van der Waals surface area contributed by atoms with E-state index in [2.05, 4.69) is 0 Å². The highest BCUT2D eigenvalue weighted by atomic mass is 35.5. The van der Waals surface area contributed by atoms with Crippen LogP contribution in [0.15, 0.2) is 10.6 Å². The number of carboxylic acid groups (broad SMARTS) is 1. The van der Waals surface area contributed by atoms with E-state index in [0.717, 1.165) is 0 Å². The number of hydrogen-bond acceptors (Lipinski definition) is 1. The van der Waals surface area contributed by atoms with E-state index in [9.17, 15) is 4.79 Å². The van der Waals surface area contributed by atoms with Gasteiger partial charge in [-0.15, -0.1) is 0 Å². The molecule has 0 aliphatic heterocycles. The molecular weight excluding hydrogens is 199 g/mol. The summed E-state index contributed by atoms with van der Waals surface area (Å²) in [5.41, 5.74) is -0.207. The summed E-state index contributed by atoms with van der Waals surface area (Å²) >= 11 is 10.9. The molecule has 1 rings (SSSR count). The lowest BCUT2D eigenvalue weighted by Gasteiger charge is -1.96. The summed E-state index contributed by atoms with van der Waals surface area (Å²) in [6.45, 7) is 3.79. The van der Waals surface area contributed by atoms with Crippen LogP contribution in [0, 0.1) is 17.3 Å². The first kappa shape index (κ1) is 9.87. The van der Waals surface area contributed by atoms with Crippen LogP contribution in [0.1, 0.15) is 13.8 Å². The first-order chi connectivity index (χ1) is 5.37. The van der Waals surface area contributed by atoms with Crippen LogP contribution in [0.3, 0.4) is 0 Å². The smallest absolute Gasteiger partial charge is 0.307 e. The van der Waals surface area contributed by atoms with Crippen molar-refractivity contribution in [1.29, 1.82) is 0 Å². The molecule has 0 radical (unpaired) electrons. The Balaban J connectivity index is 2.73. The zero-order chi connectivity index (χ0) is 9.52. The van der Waals surface area contributed by atoms with Crippen molar-refractivity contribution < 1.29 is 9.90 Å². The molecule has 0 aromatic carbocycles. The highest BCUT2D eigenvalue weighted by Crippen LogP contribution is 2.59. The van der Waals surface area contributed by atoms with Gasteiger partial charge in [-0.2, -0.15) is 0 Å². The third kappa shape index (κ3) is 1.59. The van der Waals surface area contributed by atoms with Crippen LogP contribution in [0.5, 0.6) is 0 Å². The Hall–Kier alpha value is -0.210. The fourth-order valence-corrected chi connectivity index (χ4v) is 1.87. The third-order valence-corrected chi connectivity index (χ3v) is 2.73. The van der Waals surface area contributed by atoms with Gasteiger partial charge in [-0.3, -0.25) is 4.79 Å². The van der Waals surface area contributed by atoms with Gasteiger partial charge in [-0.25, -0.2) is 0 Å². The van der Waals surface area contributed by atoms with Gasteiger partial charge in [0, 0.05) is 0 Å². The van der Waals surface area contributed by atoms with Crippen molar-refractivity contribution >= 4 is 29.2 Å².